The summed E-state index contributed by atoms with van der Waals surface area (Å²) in [4.78, 5) is 0.948. The number of thiophene rings is 1. The van der Waals surface area contributed by atoms with Crippen LogP contribution in [0.2, 0.25) is 0 Å². The molecule has 0 saturated heterocycles. The summed E-state index contributed by atoms with van der Waals surface area (Å²) in [5, 5.41) is 20.8. The molecule has 138 valence electrons. The molecular formula is C19H32ClNO2S. The Labute approximate surface area is 157 Å². The van der Waals surface area contributed by atoms with Crippen molar-refractivity contribution in [2.24, 2.45) is 5.73 Å². The van der Waals surface area contributed by atoms with Gasteiger partial charge in [0.25, 0.3) is 0 Å². The molecular weight excluding hydrogens is 342 g/mol. The largest absolute Gasteiger partial charge is 0.395 e. The van der Waals surface area contributed by atoms with Crippen molar-refractivity contribution in [3.05, 3.63) is 21.9 Å². The zero-order chi connectivity index (χ0) is 16.9. The second-order valence-electron chi connectivity index (χ2n) is 6.06. The summed E-state index contributed by atoms with van der Waals surface area (Å²) < 4.78 is 0. The average molecular weight is 374 g/mol. The van der Waals surface area contributed by atoms with Crippen LogP contribution in [0.1, 0.15) is 81.3 Å². The number of nitrogens with two attached hydrogens (primary N) is 1. The van der Waals surface area contributed by atoms with Crippen LogP contribution >= 0.6 is 23.7 Å². The predicted molar refractivity (Wildman–Crippen MR) is 106 cm³/mol. The first-order valence-corrected chi connectivity index (χ1v) is 9.68. The highest BCUT2D eigenvalue weighted by Gasteiger charge is 2.16. The molecule has 1 aromatic heterocycles. The molecule has 0 saturated carbocycles. The first-order valence-electron chi connectivity index (χ1n) is 8.80. The van der Waals surface area contributed by atoms with Gasteiger partial charge < -0.3 is 15.9 Å². The van der Waals surface area contributed by atoms with Crippen LogP contribution in [0.4, 0.5) is 0 Å². The normalized spacial score (nSPS) is 12.8. The van der Waals surface area contributed by atoms with Crippen molar-refractivity contribution < 1.29 is 10.2 Å². The Morgan fingerprint density at radius 2 is 1.75 bits per heavy atom. The van der Waals surface area contributed by atoms with Gasteiger partial charge in [0.05, 0.1) is 23.6 Å². The van der Waals surface area contributed by atoms with E-state index in [2.05, 4.69) is 18.8 Å². The van der Waals surface area contributed by atoms with E-state index in [9.17, 15) is 5.11 Å². The van der Waals surface area contributed by atoms with Gasteiger partial charge in [0.2, 0.25) is 0 Å². The Balaban J connectivity index is 0.00000529. The van der Waals surface area contributed by atoms with E-state index in [4.69, 9.17) is 10.8 Å². The quantitative estimate of drug-likeness (QED) is 0.397. The highest BCUT2D eigenvalue weighted by Crippen LogP contribution is 2.22. The van der Waals surface area contributed by atoms with Gasteiger partial charge in [0.1, 0.15) is 0 Å². The third-order valence-electron chi connectivity index (χ3n) is 3.94. The van der Waals surface area contributed by atoms with Crippen molar-refractivity contribution in [3.63, 3.8) is 0 Å². The maximum absolute atomic E-state index is 9.92. The second kappa shape index (κ2) is 14.7. The zero-order valence-corrected chi connectivity index (χ0v) is 16.3. The lowest BCUT2D eigenvalue weighted by molar-refractivity contribution is 0.110. The summed E-state index contributed by atoms with van der Waals surface area (Å²) in [6, 6.07) is 1.23. The number of halogens is 1. The third-order valence-corrected chi connectivity index (χ3v) is 4.81. The van der Waals surface area contributed by atoms with Crippen LogP contribution in [-0.4, -0.2) is 22.9 Å². The van der Waals surface area contributed by atoms with Crippen LogP contribution in [0, 0.1) is 11.8 Å². The molecule has 2 atom stereocenters. The summed E-state index contributed by atoms with van der Waals surface area (Å²) in [6.07, 6.45) is 10.6. The van der Waals surface area contributed by atoms with Gasteiger partial charge in [-0.15, -0.1) is 23.7 Å². The van der Waals surface area contributed by atoms with Crippen LogP contribution in [0.15, 0.2) is 11.4 Å². The Morgan fingerprint density at radius 3 is 2.38 bits per heavy atom. The van der Waals surface area contributed by atoms with Crippen molar-refractivity contribution in [3.8, 4) is 11.8 Å². The predicted octanol–water partition coefficient (Wildman–Crippen LogP) is 4.41. The highest BCUT2D eigenvalue weighted by atomic mass is 35.5. The van der Waals surface area contributed by atoms with Gasteiger partial charge in [-0.05, 0) is 23.4 Å². The Hall–Kier alpha value is -0.570. The Bertz CT molecular complexity index is 481. The SMILES string of the molecule is CCCCCCCCCCC#Cc1cc(C(O)C(N)CO)cs1.Cl. The average Bonchev–Trinajstić information content (AvgIpc) is 3.04. The molecule has 0 fully saturated rings. The zero-order valence-electron chi connectivity index (χ0n) is 14.7. The lowest BCUT2D eigenvalue weighted by Gasteiger charge is -2.14. The van der Waals surface area contributed by atoms with Crippen molar-refractivity contribution in [2.75, 3.05) is 6.61 Å². The van der Waals surface area contributed by atoms with Crippen molar-refractivity contribution >= 4 is 23.7 Å². The fraction of sp³-hybridized carbons (Fsp3) is 0.684. The van der Waals surface area contributed by atoms with E-state index < -0.39 is 12.1 Å². The molecule has 5 heteroatoms. The van der Waals surface area contributed by atoms with Gasteiger partial charge in [-0.25, -0.2) is 0 Å². The molecule has 3 nitrogen and oxygen atoms in total. The molecule has 4 N–H and O–H groups in total. The molecule has 0 radical (unpaired) electrons. The molecule has 1 heterocycles. The molecule has 0 aliphatic rings. The summed E-state index contributed by atoms with van der Waals surface area (Å²) in [7, 11) is 0. The van der Waals surface area contributed by atoms with Crippen LogP contribution < -0.4 is 5.73 Å². The molecule has 0 aliphatic carbocycles. The third kappa shape index (κ3) is 9.66. The molecule has 24 heavy (non-hydrogen) atoms. The number of rotatable bonds is 11. The van der Waals surface area contributed by atoms with Gasteiger partial charge in [-0.3, -0.25) is 0 Å². The smallest absolute Gasteiger partial charge is 0.0971 e. The van der Waals surface area contributed by atoms with Gasteiger partial charge in [-0.2, -0.15) is 0 Å². The van der Waals surface area contributed by atoms with E-state index in [1.54, 1.807) is 0 Å². The second-order valence-corrected chi connectivity index (χ2v) is 6.97. The minimum atomic E-state index is -0.820. The molecule has 0 aromatic carbocycles. The fourth-order valence-electron chi connectivity index (χ4n) is 2.42. The maximum Gasteiger partial charge on any atom is 0.0971 e. The Morgan fingerprint density at radius 1 is 1.12 bits per heavy atom. The van der Waals surface area contributed by atoms with Crippen LogP contribution in [0.5, 0.6) is 0 Å². The van der Waals surface area contributed by atoms with Gasteiger partial charge in [0, 0.05) is 6.42 Å². The topological polar surface area (TPSA) is 66.5 Å². The highest BCUT2D eigenvalue weighted by molar-refractivity contribution is 7.10. The minimum Gasteiger partial charge on any atom is -0.395 e. The molecule has 0 amide bonds. The van der Waals surface area contributed by atoms with Crippen molar-refractivity contribution in [1.82, 2.24) is 0 Å². The van der Waals surface area contributed by atoms with Crippen LogP contribution in [-0.2, 0) is 0 Å². The molecule has 1 aromatic rings. The summed E-state index contributed by atoms with van der Waals surface area (Å²) in [5.41, 5.74) is 6.38. The number of aliphatic hydroxyl groups is 2. The number of unbranched alkanes of at least 4 members (excludes halogenated alkanes) is 8. The molecule has 0 aliphatic heterocycles. The monoisotopic (exact) mass is 373 g/mol. The summed E-state index contributed by atoms with van der Waals surface area (Å²) in [5.74, 6) is 6.36. The van der Waals surface area contributed by atoms with Gasteiger partial charge >= 0.3 is 0 Å². The first-order chi connectivity index (χ1) is 11.2. The van der Waals surface area contributed by atoms with E-state index in [0.29, 0.717) is 0 Å². The lowest BCUT2D eigenvalue weighted by atomic mass is 10.1. The van der Waals surface area contributed by atoms with Crippen molar-refractivity contribution in [2.45, 2.75) is 76.9 Å². The molecule has 1 rings (SSSR count). The molecule has 0 spiro atoms. The lowest BCUT2D eigenvalue weighted by Crippen LogP contribution is -2.31. The van der Waals surface area contributed by atoms with Crippen LogP contribution in [0.25, 0.3) is 0 Å². The van der Waals surface area contributed by atoms with Crippen molar-refractivity contribution in [1.29, 1.82) is 0 Å². The molecule has 2 unspecified atom stereocenters. The van der Waals surface area contributed by atoms with Crippen LogP contribution in [0.3, 0.4) is 0 Å². The number of aliphatic hydroxyl groups excluding tert-OH is 2. The first kappa shape index (κ1) is 23.4. The fourth-order valence-corrected chi connectivity index (χ4v) is 3.22. The summed E-state index contributed by atoms with van der Waals surface area (Å²) in [6.45, 7) is 2.02. The van der Waals surface area contributed by atoms with E-state index in [1.807, 2.05) is 11.4 Å². The van der Waals surface area contributed by atoms with E-state index in [0.717, 1.165) is 23.3 Å². The standard InChI is InChI=1S/C19H31NO2S.ClH/c1-2-3-4-5-6-7-8-9-10-11-12-17-13-16(15-23-17)19(22)18(20)14-21;/h13,15,18-19,21-22H,2-10,14,20H2,1H3;1H. The number of hydrogen-bond acceptors (Lipinski definition) is 4. The van der Waals surface area contributed by atoms with E-state index >= 15 is 0 Å². The molecule has 0 bridgehead atoms. The Kier molecular flexibility index (Phi) is 14.4. The maximum atomic E-state index is 9.92. The minimum absolute atomic E-state index is 0. The van der Waals surface area contributed by atoms with E-state index in [1.165, 1.54) is 56.3 Å². The van der Waals surface area contributed by atoms with Gasteiger partial charge in [0.15, 0.2) is 0 Å². The summed E-state index contributed by atoms with van der Waals surface area (Å²) >= 11 is 1.51. The van der Waals surface area contributed by atoms with E-state index in [-0.39, 0.29) is 19.0 Å². The van der Waals surface area contributed by atoms with Gasteiger partial charge in [-0.1, -0.05) is 63.7 Å². The number of hydrogen-bond donors (Lipinski definition) is 3.